The zero-order chi connectivity index (χ0) is 13.3. The van der Waals surface area contributed by atoms with Crippen LogP contribution in [0.4, 0.5) is 0 Å². The number of nitrogens with zero attached hydrogens (tertiary/aromatic N) is 2. The highest BCUT2D eigenvalue weighted by molar-refractivity contribution is 7.98. The van der Waals surface area contributed by atoms with Gasteiger partial charge in [0.1, 0.15) is 5.75 Å². The van der Waals surface area contributed by atoms with Crippen molar-refractivity contribution >= 4 is 17.7 Å². The number of carboxylic acid groups (broad SMARTS) is 1. The molecule has 18 heavy (non-hydrogen) atoms. The van der Waals surface area contributed by atoms with Crippen molar-refractivity contribution in [2.45, 2.75) is 4.90 Å². The number of hydrogen-bond donors (Lipinski definition) is 2. The summed E-state index contributed by atoms with van der Waals surface area (Å²) in [5.74, 6) is -0.981. The van der Waals surface area contributed by atoms with E-state index < -0.39 is 5.97 Å². The molecule has 0 saturated heterocycles. The maximum Gasteiger partial charge on any atom is 0.356 e. The Hall–Kier alpha value is -1.95. The molecule has 2 rings (SSSR count). The van der Waals surface area contributed by atoms with Gasteiger partial charge in [-0.15, -0.1) is 11.8 Å². The quantitative estimate of drug-likeness (QED) is 0.831. The lowest BCUT2D eigenvalue weighted by molar-refractivity contribution is 0.0689. The van der Waals surface area contributed by atoms with Crippen molar-refractivity contribution in [2.24, 2.45) is 7.05 Å². The number of benzene rings is 1. The highest BCUT2D eigenvalue weighted by atomic mass is 32.2. The molecule has 2 aromatic rings. The molecule has 1 heterocycles. The number of carbonyl (C=O) groups is 1. The first-order chi connectivity index (χ1) is 8.52. The molecule has 0 saturated carbocycles. The Bertz CT molecular complexity index is 607. The molecule has 0 amide bonds. The third-order valence-electron chi connectivity index (χ3n) is 2.58. The minimum atomic E-state index is -1.09. The van der Waals surface area contributed by atoms with E-state index in [1.165, 1.54) is 10.7 Å². The van der Waals surface area contributed by atoms with Gasteiger partial charge < -0.3 is 10.2 Å². The number of phenols is 1. The summed E-state index contributed by atoms with van der Waals surface area (Å²) in [6.07, 6.45) is 1.93. The van der Waals surface area contributed by atoms with E-state index in [-0.39, 0.29) is 11.4 Å². The van der Waals surface area contributed by atoms with E-state index in [0.29, 0.717) is 11.3 Å². The number of thioether (sulfide) groups is 1. The van der Waals surface area contributed by atoms with Gasteiger partial charge in [0.25, 0.3) is 0 Å². The van der Waals surface area contributed by atoms with Crippen LogP contribution in [0.5, 0.6) is 5.75 Å². The van der Waals surface area contributed by atoms with Crippen LogP contribution in [0.15, 0.2) is 29.2 Å². The average molecular weight is 264 g/mol. The Labute approximate surface area is 108 Å². The molecule has 5 nitrogen and oxygen atoms in total. The van der Waals surface area contributed by atoms with Crippen LogP contribution in [-0.4, -0.2) is 32.2 Å². The maximum absolute atomic E-state index is 10.9. The summed E-state index contributed by atoms with van der Waals surface area (Å²) in [6, 6.07) is 6.65. The largest absolute Gasteiger partial charge is 0.507 e. The number of aromatic nitrogens is 2. The molecular formula is C12H12N2O3S. The molecule has 94 valence electrons. The molecule has 0 radical (unpaired) electrons. The number of hydrogen-bond acceptors (Lipinski definition) is 4. The molecule has 0 aliphatic heterocycles. The van der Waals surface area contributed by atoms with Crippen molar-refractivity contribution in [1.29, 1.82) is 0 Å². The predicted octanol–water partition coefficient (Wildman–Crippen LogP) is 2.21. The van der Waals surface area contributed by atoms with Gasteiger partial charge in [-0.2, -0.15) is 5.10 Å². The monoisotopic (exact) mass is 264 g/mol. The molecule has 0 atom stereocenters. The summed E-state index contributed by atoms with van der Waals surface area (Å²) in [5, 5.41) is 22.6. The molecule has 0 fully saturated rings. The Balaban J connectivity index is 2.57. The second-order valence-corrected chi connectivity index (χ2v) is 4.61. The number of aromatic carboxylic acids is 1. The predicted molar refractivity (Wildman–Crippen MR) is 69.0 cm³/mol. The first-order valence-electron chi connectivity index (χ1n) is 5.17. The molecule has 0 unspecified atom stereocenters. The standard InChI is InChI=1S/C12H12N2O3S/c1-14-10(6-9(13-14)12(16)17)8-5-7(18-2)3-4-11(8)15/h3-6,15H,1-2H3,(H,16,17). The summed E-state index contributed by atoms with van der Waals surface area (Å²) in [4.78, 5) is 11.9. The van der Waals surface area contributed by atoms with Crippen LogP contribution in [0, 0.1) is 0 Å². The van der Waals surface area contributed by atoms with Crippen LogP contribution >= 0.6 is 11.8 Å². The van der Waals surface area contributed by atoms with Gasteiger partial charge in [-0.25, -0.2) is 4.79 Å². The van der Waals surface area contributed by atoms with Crippen LogP contribution in [0.1, 0.15) is 10.5 Å². The van der Waals surface area contributed by atoms with Gasteiger partial charge in [-0.3, -0.25) is 4.68 Å². The SMILES string of the molecule is CSc1ccc(O)c(-c2cc(C(=O)O)nn2C)c1. The summed E-state index contributed by atoms with van der Waals surface area (Å²) >= 11 is 1.55. The summed E-state index contributed by atoms with van der Waals surface area (Å²) < 4.78 is 1.45. The van der Waals surface area contributed by atoms with Gasteiger partial charge in [0.15, 0.2) is 5.69 Å². The first kappa shape index (κ1) is 12.5. The fourth-order valence-corrected chi connectivity index (χ4v) is 2.11. The number of carboxylic acids is 1. The van der Waals surface area contributed by atoms with Gasteiger partial charge in [0.05, 0.1) is 5.69 Å². The van der Waals surface area contributed by atoms with Crippen molar-refractivity contribution < 1.29 is 15.0 Å². The Morgan fingerprint density at radius 3 is 2.67 bits per heavy atom. The fraction of sp³-hybridized carbons (Fsp3) is 0.167. The van der Waals surface area contributed by atoms with E-state index >= 15 is 0 Å². The van der Waals surface area contributed by atoms with Gasteiger partial charge >= 0.3 is 5.97 Å². The topological polar surface area (TPSA) is 75.3 Å². The van der Waals surface area contributed by atoms with Crippen molar-refractivity contribution in [1.82, 2.24) is 9.78 Å². The van der Waals surface area contributed by atoms with Gasteiger partial charge in [0, 0.05) is 17.5 Å². The van der Waals surface area contributed by atoms with Crippen LogP contribution in [0.25, 0.3) is 11.3 Å². The van der Waals surface area contributed by atoms with E-state index in [0.717, 1.165) is 4.90 Å². The molecule has 0 aliphatic carbocycles. The fourth-order valence-electron chi connectivity index (χ4n) is 1.67. The van der Waals surface area contributed by atoms with E-state index in [9.17, 15) is 9.90 Å². The number of phenolic OH excluding ortho intramolecular Hbond substituents is 1. The van der Waals surface area contributed by atoms with Crippen molar-refractivity contribution in [3.63, 3.8) is 0 Å². The molecule has 6 heteroatoms. The number of aryl methyl sites for hydroxylation is 1. The highest BCUT2D eigenvalue weighted by Gasteiger charge is 2.15. The molecule has 1 aromatic carbocycles. The van der Waals surface area contributed by atoms with E-state index in [1.807, 2.05) is 12.3 Å². The lowest BCUT2D eigenvalue weighted by Gasteiger charge is -2.06. The maximum atomic E-state index is 10.9. The van der Waals surface area contributed by atoms with Crippen LogP contribution in [0.3, 0.4) is 0 Å². The Kier molecular flexibility index (Phi) is 3.29. The molecule has 2 N–H and O–H groups in total. The lowest BCUT2D eigenvalue weighted by Crippen LogP contribution is -1.99. The van der Waals surface area contributed by atoms with Crippen LogP contribution in [0.2, 0.25) is 0 Å². The Morgan fingerprint density at radius 2 is 2.11 bits per heavy atom. The second kappa shape index (κ2) is 4.73. The molecular weight excluding hydrogens is 252 g/mol. The summed E-state index contributed by atoms with van der Waals surface area (Å²) in [5.41, 5.74) is 1.10. The molecule has 0 aliphatic rings. The van der Waals surface area contributed by atoms with E-state index in [1.54, 1.807) is 30.9 Å². The number of aromatic hydroxyl groups is 1. The van der Waals surface area contributed by atoms with Crippen molar-refractivity contribution in [3.05, 3.63) is 30.0 Å². The van der Waals surface area contributed by atoms with Gasteiger partial charge in [0.2, 0.25) is 0 Å². The zero-order valence-corrected chi connectivity index (χ0v) is 10.7. The van der Waals surface area contributed by atoms with E-state index in [4.69, 9.17) is 5.11 Å². The Morgan fingerprint density at radius 1 is 1.39 bits per heavy atom. The third kappa shape index (κ3) is 2.19. The molecule has 1 aromatic heterocycles. The summed E-state index contributed by atoms with van der Waals surface area (Å²) in [6.45, 7) is 0. The smallest absolute Gasteiger partial charge is 0.356 e. The number of rotatable bonds is 3. The van der Waals surface area contributed by atoms with Crippen molar-refractivity contribution in [3.8, 4) is 17.0 Å². The minimum absolute atomic E-state index is 0.0403. The summed E-state index contributed by atoms with van der Waals surface area (Å²) in [7, 11) is 1.65. The molecule has 0 bridgehead atoms. The normalized spacial score (nSPS) is 10.6. The van der Waals surface area contributed by atoms with E-state index in [2.05, 4.69) is 5.10 Å². The average Bonchev–Trinajstić information content (AvgIpc) is 2.72. The van der Waals surface area contributed by atoms with Gasteiger partial charge in [-0.05, 0) is 30.5 Å². The van der Waals surface area contributed by atoms with Gasteiger partial charge in [-0.1, -0.05) is 0 Å². The third-order valence-corrected chi connectivity index (χ3v) is 3.30. The lowest BCUT2D eigenvalue weighted by atomic mass is 10.1. The van der Waals surface area contributed by atoms with Crippen LogP contribution in [-0.2, 0) is 7.05 Å². The van der Waals surface area contributed by atoms with Crippen molar-refractivity contribution in [2.75, 3.05) is 6.26 Å². The van der Waals surface area contributed by atoms with Crippen LogP contribution < -0.4 is 0 Å². The zero-order valence-electron chi connectivity index (χ0n) is 9.91. The molecule has 0 spiro atoms. The second-order valence-electron chi connectivity index (χ2n) is 3.73. The minimum Gasteiger partial charge on any atom is -0.507 e. The highest BCUT2D eigenvalue weighted by Crippen LogP contribution is 2.32. The first-order valence-corrected chi connectivity index (χ1v) is 6.40.